The maximum absolute atomic E-state index is 12.0. The number of hydrazine groups is 1. The van der Waals surface area contributed by atoms with Gasteiger partial charge in [-0.2, -0.15) is 0 Å². The normalized spacial score (nSPS) is 15.7. The highest BCUT2D eigenvalue weighted by Crippen LogP contribution is 2.40. The summed E-state index contributed by atoms with van der Waals surface area (Å²) in [4.78, 5) is 23.8. The van der Waals surface area contributed by atoms with Crippen LogP contribution in [0.25, 0.3) is 0 Å². The van der Waals surface area contributed by atoms with Crippen LogP contribution < -0.4 is 17.0 Å². The van der Waals surface area contributed by atoms with Crippen LogP contribution in [-0.2, 0) is 4.79 Å². The van der Waals surface area contributed by atoms with Crippen LogP contribution in [0, 0.1) is 0 Å². The van der Waals surface area contributed by atoms with E-state index in [1.807, 2.05) is 30.3 Å². The van der Waals surface area contributed by atoms with Gasteiger partial charge in [-0.3, -0.25) is 14.8 Å². The van der Waals surface area contributed by atoms with E-state index in [0.29, 0.717) is 5.16 Å². The summed E-state index contributed by atoms with van der Waals surface area (Å²) in [6.07, 6.45) is 1.93. The first-order chi connectivity index (χ1) is 10.2. The molecule has 1 heterocycles. The topological polar surface area (TPSA) is 106 Å². The number of carbonyl (C=O) groups is 1. The van der Waals surface area contributed by atoms with E-state index < -0.39 is 5.25 Å². The van der Waals surface area contributed by atoms with Crippen molar-refractivity contribution in [3.8, 4) is 0 Å². The third-order valence-electron chi connectivity index (χ3n) is 3.29. The lowest BCUT2D eigenvalue weighted by Crippen LogP contribution is -2.33. The van der Waals surface area contributed by atoms with Gasteiger partial charge >= 0.3 is 5.69 Å². The minimum atomic E-state index is -0.552. The first-order valence-corrected chi connectivity index (χ1v) is 7.47. The van der Waals surface area contributed by atoms with Gasteiger partial charge in [0.05, 0.1) is 0 Å². The van der Waals surface area contributed by atoms with Gasteiger partial charge in [-0.05, 0) is 18.4 Å². The predicted molar refractivity (Wildman–Crippen MR) is 78.5 cm³/mol. The summed E-state index contributed by atoms with van der Waals surface area (Å²) in [5, 5.41) is 6.43. The Morgan fingerprint density at radius 1 is 1.43 bits per heavy atom. The van der Waals surface area contributed by atoms with Gasteiger partial charge in [-0.15, -0.1) is 5.10 Å². The van der Waals surface area contributed by atoms with Gasteiger partial charge in [0.25, 0.3) is 5.91 Å². The number of aromatic nitrogens is 3. The Hall–Kier alpha value is -2.06. The lowest BCUT2D eigenvalue weighted by Gasteiger charge is -2.14. The van der Waals surface area contributed by atoms with Crippen molar-refractivity contribution in [1.82, 2.24) is 20.2 Å². The maximum atomic E-state index is 12.0. The van der Waals surface area contributed by atoms with Crippen molar-refractivity contribution >= 4 is 17.7 Å². The summed E-state index contributed by atoms with van der Waals surface area (Å²) >= 11 is 1.22. The van der Waals surface area contributed by atoms with Gasteiger partial charge in [-0.25, -0.2) is 15.7 Å². The summed E-state index contributed by atoms with van der Waals surface area (Å²) in [6, 6.07) is 9.46. The number of hydrogen-bond donors (Lipinski definition) is 3. The van der Waals surface area contributed by atoms with Gasteiger partial charge in [0.1, 0.15) is 5.25 Å². The summed E-state index contributed by atoms with van der Waals surface area (Å²) < 4.78 is 1.62. The van der Waals surface area contributed by atoms with Crippen LogP contribution in [0.3, 0.4) is 0 Å². The molecule has 1 saturated carbocycles. The SMILES string of the molecule is NNC(=O)C(Sc1n[nH]c(=O)n1C1CC1)c1ccccc1. The van der Waals surface area contributed by atoms with Crippen LogP contribution in [0.5, 0.6) is 0 Å². The Labute approximate surface area is 124 Å². The quantitative estimate of drug-likeness (QED) is 0.327. The van der Waals surface area contributed by atoms with E-state index >= 15 is 0 Å². The molecule has 1 aromatic carbocycles. The molecule has 0 saturated heterocycles. The van der Waals surface area contributed by atoms with Gasteiger partial charge in [0.2, 0.25) is 0 Å². The Morgan fingerprint density at radius 2 is 2.14 bits per heavy atom. The van der Waals surface area contributed by atoms with Crippen molar-refractivity contribution in [3.05, 3.63) is 46.4 Å². The monoisotopic (exact) mass is 305 g/mol. The van der Waals surface area contributed by atoms with Crippen molar-refractivity contribution < 1.29 is 4.79 Å². The lowest BCUT2D eigenvalue weighted by atomic mass is 10.1. The summed E-state index contributed by atoms with van der Waals surface area (Å²) in [5.41, 5.74) is 2.74. The standard InChI is InChI=1S/C13H15N5O2S/c14-15-11(19)10(8-4-2-1-3-5-8)21-13-17-16-12(20)18(13)9-6-7-9/h1-5,9-10H,6-7,14H2,(H,15,19)(H,16,20). The van der Waals surface area contributed by atoms with E-state index in [0.717, 1.165) is 18.4 Å². The third kappa shape index (κ3) is 2.86. The first-order valence-electron chi connectivity index (χ1n) is 6.59. The van der Waals surface area contributed by atoms with Gasteiger partial charge in [0.15, 0.2) is 5.16 Å². The number of aromatic amines is 1. The first kappa shape index (κ1) is 13.9. The molecule has 110 valence electrons. The highest BCUT2D eigenvalue weighted by atomic mass is 32.2. The molecule has 21 heavy (non-hydrogen) atoms. The average molecular weight is 305 g/mol. The van der Waals surface area contributed by atoms with E-state index in [1.165, 1.54) is 11.8 Å². The molecule has 1 unspecified atom stereocenters. The van der Waals surface area contributed by atoms with Gasteiger partial charge < -0.3 is 0 Å². The molecular weight excluding hydrogens is 290 g/mol. The van der Waals surface area contributed by atoms with Crippen LogP contribution in [0.15, 0.2) is 40.3 Å². The van der Waals surface area contributed by atoms with E-state index in [4.69, 9.17) is 5.84 Å². The fourth-order valence-corrected chi connectivity index (χ4v) is 3.23. The molecule has 8 heteroatoms. The highest BCUT2D eigenvalue weighted by Gasteiger charge is 2.31. The molecule has 0 bridgehead atoms. The van der Waals surface area contributed by atoms with Crippen molar-refractivity contribution in [2.24, 2.45) is 5.84 Å². The number of nitrogens with two attached hydrogens (primary N) is 1. The molecule has 1 aliphatic rings. The Bertz CT molecular complexity index is 692. The molecule has 2 aromatic rings. The Balaban J connectivity index is 1.92. The second-order valence-electron chi connectivity index (χ2n) is 4.83. The second-order valence-corrected chi connectivity index (χ2v) is 5.90. The molecule has 0 spiro atoms. The van der Waals surface area contributed by atoms with E-state index in [9.17, 15) is 9.59 Å². The van der Waals surface area contributed by atoms with Crippen LogP contribution in [0.1, 0.15) is 29.7 Å². The van der Waals surface area contributed by atoms with Crippen LogP contribution in [-0.4, -0.2) is 20.7 Å². The van der Waals surface area contributed by atoms with Gasteiger partial charge in [-0.1, -0.05) is 42.1 Å². The van der Waals surface area contributed by atoms with E-state index in [2.05, 4.69) is 15.6 Å². The molecule has 3 rings (SSSR count). The molecule has 4 N–H and O–H groups in total. The predicted octanol–water partition coefficient (Wildman–Crippen LogP) is 0.730. The lowest BCUT2D eigenvalue weighted by molar-refractivity contribution is -0.120. The number of hydrogen-bond acceptors (Lipinski definition) is 5. The third-order valence-corrected chi connectivity index (χ3v) is 4.51. The van der Waals surface area contributed by atoms with Crippen LogP contribution >= 0.6 is 11.8 Å². The largest absolute Gasteiger partial charge is 0.344 e. The minimum Gasteiger partial charge on any atom is -0.293 e. The molecule has 1 amide bonds. The Kier molecular flexibility index (Phi) is 3.80. The summed E-state index contributed by atoms with van der Waals surface area (Å²) in [7, 11) is 0. The number of H-pyrrole nitrogens is 1. The average Bonchev–Trinajstić information content (AvgIpc) is 3.28. The number of thioether (sulfide) groups is 1. The molecule has 1 aliphatic carbocycles. The zero-order valence-corrected chi connectivity index (χ0v) is 12.0. The number of nitrogens with one attached hydrogen (secondary N) is 2. The van der Waals surface area contributed by atoms with Crippen LogP contribution in [0.4, 0.5) is 0 Å². The van der Waals surface area contributed by atoms with Gasteiger partial charge in [0, 0.05) is 6.04 Å². The minimum absolute atomic E-state index is 0.191. The van der Waals surface area contributed by atoms with E-state index in [1.54, 1.807) is 4.57 Å². The van der Waals surface area contributed by atoms with Crippen molar-refractivity contribution in [3.63, 3.8) is 0 Å². The van der Waals surface area contributed by atoms with E-state index in [-0.39, 0.29) is 17.6 Å². The molecule has 0 radical (unpaired) electrons. The number of amides is 1. The molecular formula is C13H15N5O2S. The zero-order chi connectivity index (χ0) is 14.8. The summed E-state index contributed by atoms with van der Waals surface area (Å²) in [6.45, 7) is 0. The summed E-state index contributed by atoms with van der Waals surface area (Å²) in [5.74, 6) is 4.94. The van der Waals surface area contributed by atoms with Crippen LogP contribution in [0.2, 0.25) is 0 Å². The van der Waals surface area contributed by atoms with Crippen molar-refractivity contribution in [1.29, 1.82) is 0 Å². The van der Waals surface area contributed by atoms with Crippen molar-refractivity contribution in [2.75, 3.05) is 0 Å². The molecule has 1 fully saturated rings. The molecule has 7 nitrogen and oxygen atoms in total. The maximum Gasteiger partial charge on any atom is 0.344 e. The number of nitrogens with zero attached hydrogens (tertiary/aromatic N) is 2. The molecule has 0 aliphatic heterocycles. The second kappa shape index (κ2) is 5.74. The van der Waals surface area contributed by atoms with Crippen molar-refractivity contribution in [2.45, 2.75) is 29.3 Å². The highest BCUT2D eigenvalue weighted by molar-refractivity contribution is 8.00. The number of rotatable bonds is 5. The number of benzene rings is 1. The fraction of sp³-hybridized carbons (Fsp3) is 0.308. The fourth-order valence-electron chi connectivity index (χ4n) is 2.11. The zero-order valence-electron chi connectivity index (χ0n) is 11.2. The smallest absolute Gasteiger partial charge is 0.293 e. The molecule has 1 aromatic heterocycles. The number of carbonyl (C=O) groups excluding carboxylic acids is 1. The Morgan fingerprint density at radius 3 is 2.76 bits per heavy atom. The molecule has 1 atom stereocenters.